The fraction of sp³-hybridized carbons (Fsp3) is 0.739. The molecule has 3 rings (SSSR count). The lowest BCUT2D eigenvalue weighted by atomic mass is 10.0. The molecule has 0 fully saturated rings. The summed E-state index contributed by atoms with van der Waals surface area (Å²) in [6.07, 6.45) is 21.9. The van der Waals surface area contributed by atoms with Gasteiger partial charge in [0.1, 0.15) is 6.23 Å². The Bertz CT molecular complexity index is 1120. The van der Waals surface area contributed by atoms with Gasteiger partial charge in [-0.3, -0.25) is 20.9 Å². The molecule has 7 unspecified atom stereocenters. The zero-order chi connectivity index (χ0) is 45.4. The number of hydrogen-bond donors (Lipinski definition) is 8. The van der Waals surface area contributed by atoms with Gasteiger partial charge in [0.2, 0.25) is 6.41 Å². The predicted octanol–water partition coefficient (Wildman–Crippen LogP) is 8.15. The third-order valence-corrected chi connectivity index (χ3v) is 11.0. The Morgan fingerprint density at radius 1 is 1.02 bits per heavy atom. The van der Waals surface area contributed by atoms with Crippen molar-refractivity contribution in [2.45, 2.75) is 151 Å². The van der Waals surface area contributed by atoms with Crippen LogP contribution in [0.1, 0.15) is 115 Å². The van der Waals surface area contributed by atoms with Crippen LogP contribution in [0.2, 0.25) is 0 Å². The lowest BCUT2D eigenvalue weighted by Gasteiger charge is -2.31. The molecule has 0 saturated heterocycles. The lowest BCUT2D eigenvalue weighted by molar-refractivity contribution is -0.117. The SMILES string of the molecule is C/C=C\C=C/CCC(CCC(C)NC(O)OCC1=CCNCS1)NC(O)CNC(O)N(C)CC1=CSC(C(C)C)N1C.CC.CC.CC1C=CC=CC1.CCC.CNC. The normalized spacial score (nSPS) is 19.7. The first-order valence-corrected chi connectivity index (χ1v) is 24.2. The van der Waals surface area contributed by atoms with Crippen LogP contribution in [0.15, 0.2) is 70.7 Å². The van der Waals surface area contributed by atoms with E-state index in [9.17, 15) is 15.3 Å². The maximum Gasteiger partial charge on any atom is 0.214 e. The first kappa shape index (κ1) is 61.8. The number of thioether (sulfide) groups is 2. The smallest absolute Gasteiger partial charge is 0.214 e. The Morgan fingerprint density at radius 2 is 1.68 bits per heavy atom. The van der Waals surface area contributed by atoms with E-state index < -0.39 is 19.0 Å². The number of nitrogens with zero attached hydrogens (tertiary/aromatic N) is 2. The van der Waals surface area contributed by atoms with Crippen molar-refractivity contribution in [1.29, 1.82) is 0 Å². The third-order valence-electron chi connectivity index (χ3n) is 8.41. The number of allylic oxidation sites excluding steroid dienone is 8. The minimum atomic E-state index is -1.03. The monoisotopic (exact) mass is 872 g/mol. The van der Waals surface area contributed by atoms with Crippen LogP contribution in [0.25, 0.3) is 0 Å². The molecule has 13 heteroatoms. The largest absolute Gasteiger partial charge is 0.377 e. The van der Waals surface area contributed by atoms with Gasteiger partial charge in [0, 0.05) is 55.2 Å². The minimum absolute atomic E-state index is 0.0275. The van der Waals surface area contributed by atoms with Crippen molar-refractivity contribution < 1.29 is 20.1 Å². The molecule has 1 aliphatic carbocycles. The highest BCUT2D eigenvalue weighted by atomic mass is 32.2. The molecule has 0 bridgehead atoms. The van der Waals surface area contributed by atoms with Gasteiger partial charge in [0.25, 0.3) is 0 Å². The van der Waals surface area contributed by atoms with Crippen LogP contribution in [0.3, 0.4) is 0 Å². The zero-order valence-electron chi connectivity index (χ0n) is 40.1. The topological polar surface area (TPSA) is 137 Å². The average Bonchev–Trinajstić information content (AvgIpc) is 3.60. The van der Waals surface area contributed by atoms with E-state index in [0.717, 1.165) is 48.9 Å². The number of aliphatic hydroxyl groups is 3. The van der Waals surface area contributed by atoms with Crippen molar-refractivity contribution in [3.8, 4) is 0 Å². The second-order valence-electron chi connectivity index (χ2n) is 14.6. The molecule has 0 radical (unpaired) electrons. The predicted molar refractivity (Wildman–Crippen MR) is 263 cm³/mol. The first-order chi connectivity index (χ1) is 28.3. The Labute approximate surface area is 372 Å². The fourth-order valence-electron chi connectivity index (χ4n) is 5.42. The van der Waals surface area contributed by atoms with Gasteiger partial charge in [0.15, 0.2) is 6.35 Å². The van der Waals surface area contributed by atoms with Gasteiger partial charge < -0.3 is 35.6 Å². The zero-order valence-corrected chi connectivity index (χ0v) is 41.8. The second kappa shape index (κ2) is 43.2. The summed E-state index contributed by atoms with van der Waals surface area (Å²) in [4.78, 5) is 5.23. The van der Waals surface area contributed by atoms with E-state index >= 15 is 0 Å². The number of hydrogen-bond acceptors (Lipinski definition) is 13. The summed E-state index contributed by atoms with van der Waals surface area (Å²) in [5, 5.41) is 49.8. The molecule has 2 heterocycles. The summed E-state index contributed by atoms with van der Waals surface area (Å²) in [5.74, 6) is 2.16. The van der Waals surface area contributed by atoms with Gasteiger partial charge in [0.05, 0.1) is 12.0 Å². The third kappa shape index (κ3) is 34.8. The van der Waals surface area contributed by atoms with Crippen LogP contribution < -0.4 is 26.6 Å². The van der Waals surface area contributed by atoms with Crippen LogP contribution in [0, 0.1) is 11.8 Å². The summed E-state index contributed by atoms with van der Waals surface area (Å²) in [7, 11) is 7.72. The number of nitrogens with one attached hydrogen (secondary N) is 5. The fourth-order valence-corrected chi connectivity index (χ4v) is 7.35. The molecule has 0 aromatic carbocycles. The van der Waals surface area contributed by atoms with E-state index in [4.69, 9.17) is 4.74 Å². The minimum Gasteiger partial charge on any atom is -0.377 e. The van der Waals surface area contributed by atoms with Crippen LogP contribution in [-0.2, 0) is 4.74 Å². The molecule has 3 aliphatic rings. The van der Waals surface area contributed by atoms with Crippen molar-refractivity contribution in [3.63, 3.8) is 0 Å². The molecule has 2 aliphatic heterocycles. The van der Waals surface area contributed by atoms with E-state index in [2.05, 4.69) is 115 Å². The Kier molecular flexibility index (Phi) is 45.3. The Balaban J connectivity index is -0.00000155. The van der Waals surface area contributed by atoms with Crippen molar-refractivity contribution in [3.05, 3.63) is 70.7 Å². The number of ether oxygens (including phenoxy) is 1. The van der Waals surface area contributed by atoms with Gasteiger partial charge in [-0.1, -0.05) is 123 Å². The van der Waals surface area contributed by atoms with E-state index in [-0.39, 0.29) is 18.6 Å². The molecule has 0 spiro atoms. The molecule has 8 N–H and O–H groups in total. The van der Waals surface area contributed by atoms with Gasteiger partial charge >= 0.3 is 0 Å². The number of aliphatic hydroxyl groups excluding tert-OH is 3. The molecular formula is C46H93N7O4S2. The summed E-state index contributed by atoms with van der Waals surface area (Å²) >= 11 is 3.51. The van der Waals surface area contributed by atoms with E-state index in [1.807, 2.05) is 97.6 Å². The molecule has 0 saturated carbocycles. The van der Waals surface area contributed by atoms with Crippen LogP contribution >= 0.6 is 23.5 Å². The first-order valence-electron chi connectivity index (χ1n) is 22.2. The Morgan fingerprint density at radius 3 is 2.19 bits per heavy atom. The van der Waals surface area contributed by atoms with Gasteiger partial charge in [-0.2, -0.15) is 0 Å². The quantitative estimate of drug-likeness (QED) is 0.0417. The molecule has 0 aromatic heterocycles. The molecule has 11 nitrogen and oxygen atoms in total. The van der Waals surface area contributed by atoms with Crippen molar-refractivity contribution in [2.75, 3.05) is 60.3 Å². The van der Waals surface area contributed by atoms with Crippen LogP contribution in [0.4, 0.5) is 0 Å². The highest BCUT2D eigenvalue weighted by molar-refractivity contribution is 8.03. The maximum absolute atomic E-state index is 10.8. The number of likely N-dealkylation sites (N-methyl/N-ethyl adjacent to an activating group) is 2. The molecule has 348 valence electrons. The Hall–Kier alpha value is -1.46. The highest BCUT2D eigenvalue weighted by Crippen LogP contribution is 2.34. The summed E-state index contributed by atoms with van der Waals surface area (Å²) in [6.45, 7) is 25.0. The van der Waals surface area contributed by atoms with Gasteiger partial charge in [-0.05, 0) is 84.3 Å². The average molecular weight is 872 g/mol. The van der Waals surface area contributed by atoms with Crippen LogP contribution in [0.5, 0.6) is 0 Å². The summed E-state index contributed by atoms with van der Waals surface area (Å²) in [6, 6.07) is 0.0903. The van der Waals surface area contributed by atoms with Crippen molar-refractivity contribution >= 4 is 23.5 Å². The summed E-state index contributed by atoms with van der Waals surface area (Å²) in [5.41, 5.74) is 1.17. The standard InChI is InChI=1S/C30H56N6O4S2.C7H10.C3H8.C2H7N.2C2H6/c1-7-8-9-10-11-12-24(14-13-23(4)33-30(39)40-19-26-15-16-31-21-42-26)34-27(37)17-32-29(38)35(5)18-25-20-41-28(22(2)3)36(25)6;1-7-5-3-2-4-6-7;2*1-3-2;2*1-2/h7-10,15,20,22-24,27-34,37-39H,11-14,16-19,21H2,1-6H3;2-5,7H,6H2,1H3;3H2,1-2H3;3H,1-2H3;2*1-2H3/b8-7-,10-9-;;;;;. The maximum atomic E-state index is 10.8. The number of rotatable bonds is 21. The van der Waals surface area contributed by atoms with E-state index in [1.54, 1.807) is 11.8 Å². The second-order valence-corrected chi connectivity index (χ2v) is 16.6. The van der Waals surface area contributed by atoms with Crippen molar-refractivity contribution in [1.82, 2.24) is 36.4 Å². The van der Waals surface area contributed by atoms with E-state index in [1.165, 1.54) is 18.5 Å². The summed E-state index contributed by atoms with van der Waals surface area (Å²) < 4.78 is 5.58. The molecular weight excluding hydrogens is 779 g/mol. The van der Waals surface area contributed by atoms with Gasteiger partial charge in [-0.25, -0.2) is 0 Å². The lowest BCUT2D eigenvalue weighted by Crippen LogP contribution is -2.51. The molecule has 0 aromatic rings. The van der Waals surface area contributed by atoms with Crippen LogP contribution in [-0.4, -0.2) is 122 Å². The van der Waals surface area contributed by atoms with E-state index in [0.29, 0.717) is 24.4 Å². The van der Waals surface area contributed by atoms with Crippen molar-refractivity contribution in [2.24, 2.45) is 11.8 Å². The molecule has 0 amide bonds. The molecule has 59 heavy (non-hydrogen) atoms. The molecule has 7 atom stereocenters. The highest BCUT2D eigenvalue weighted by Gasteiger charge is 2.27. The van der Waals surface area contributed by atoms with Gasteiger partial charge in [-0.15, -0.1) is 23.5 Å².